The molecule has 4 aliphatic rings. The van der Waals surface area contributed by atoms with Crippen LogP contribution in [0.5, 0.6) is 0 Å². The Morgan fingerprint density at radius 2 is 1.01 bits per heavy atom. The molecule has 31 heteroatoms. The average molecular weight is 1400 g/mol. The number of nitrogens with zero attached hydrogens (tertiary/aromatic N) is 20. The minimum Gasteiger partial charge on any atom is -0.389 e. The molecule has 1 saturated carbocycles. The molecular weight excluding hydrogens is 1320 g/mol. The van der Waals surface area contributed by atoms with Crippen molar-refractivity contribution < 1.29 is 19.4 Å². The van der Waals surface area contributed by atoms with E-state index in [2.05, 4.69) is 96.7 Å². The Bertz CT molecular complexity index is 3480. The Morgan fingerprint density at radius 1 is 0.618 bits per heavy atom. The lowest BCUT2D eigenvalue weighted by molar-refractivity contribution is -0.120. The van der Waals surface area contributed by atoms with E-state index in [4.69, 9.17) is 43.4 Å². The van der Waals surface area contributed by atoms with E-state index in [0.717, 1.165) is 111 Å². The number of nitrogen functional groups attached to an aromatic ring is 1. The number of anilines is 6. The fraction of sp³-hybridized carbons (Fsp3) is 0.431. The zero-order valence-corrected chi connectivity index (χ0v) is 57.2. The van der Waals surface area contributed by atoms with Crippen molar-refractivity contribution in [2.45, 2.75) is 89.1 Å². The van der Waals surface area contributed by atoms with E-state index < -0.39 is 0 Å². The largest absolute Gasteiger partial charge is 0.389 e. The normalized spacial score (nSPS) is 16.2. The number of thiazole rings is 2. The van der Waals surface area contributed by atoms with Crippen molar-refractivity contribution in [2.24, 2.45) is 5.73 Å². The lowest BCUT2D eigenvalue weighted by Crippen LogP contribution is -2.15. The van der Waals surface area contributed by atoms with Gasteiger partial charge in [0.05, 0.1) is 66.4 Å². The Kier molecular flexibility index (Phi) is 27.7. The SMILES string of the molecule is CCOC1CCCc2nc(-c3cnc(N(C)C)nc3)sc21.CN(C)c1ncc(-c2nc3c(s2)C(O)CCC3)cn1.CN(C)c1ncc(Br)cn1.CN(C)c1ncc(C#N)cn1.CN(C)c1ncc(C(N)=S)cn1.Nc1ncc(Br)cn1.O=C1CCCC2OC12. The van der Waals surface area contributed by atoms with Crippen LogP contribution in [0.1, 0.15) is 96.3 Å². The molecule has 0 radical (unpaired) electrons. The molecule has 1 aliphatic heterocycles. The quantitative estimate of drug-likeness (QED) is 0.0855. The monoisotopic (exact) mass is 1400 g/mol. The van der Waals surface area contributed by atoms with Crippen molar-refractivity contribution in [1.82, 2.24) is 69.8 Å². The summed E-state index contributed by atoms with van der Waals surface area (Å²) in [6.07, 6.45) is 29.4. The number of epoxide rings is 1. The van der Waals surface area contributed by atoms with Gasteiger partial charge in [0.2, 0.25) is 35.7 Å². The van der Waals surface area contributed by atoms with Gasteiger partial charge >= 0.3 is 0 Å². The number of Topliss-reactive ketones (excluding diaryl/α,β-unsaturated/α-hetero) is 1. The van der Waals surface area contributed by atoms with Gasteiger partial charge in [-0.2, -0.15) is 5.26 Å². The molecule has 89 heavy (non-hydrogen) atoms. The van der Waals surface area contributed by atoms with Crippen molar-refractivity contribution in [3.63, 3.8) is 0 Å². The molecule has 8 aromatic rings. The summed E-state index contributed by atoms with van der Waals surface area (Å²) in [4.78, 5) is 80.7. The van der Waals surface area contributed by atoms with Gasteiger partial charge in [0, 0.05) is 162 Å². The van der Waals surface area contributed by atoms with Crippen molar-refractivity contribution in [2.75, 3.05) is 107 Å². The number of nitrogens with two attached hydrogens (primary N) is 2. The molecule has 5 N–H and O–H groups in total. The Labute approximate surface area is 549 Å². The van der Waals surface area contributed by atoms with Gasteiger partial charge in [-0.3, -0.25) is 4.79 Å². The first-order valence-corrected chi connectivity index (χ1v) is 31.7. The summed E-state index contributed by atoms with van der Waals surface area (Å²) in [6.45, 7) is 2.79. The summed E-state index contributed by atoms with van der Waals surface area (Å²) in [5, 5.41) is 20.3. The third-order valence-corrected chi connectivity index (χ3v) is 16.2. The van der Waals surface area contributed by atoms with Gasteiger partial charge in [0.15, 0.2) is 5.78 Å². The first kappa shape index (κ1) is 70.5. The first-order valence-electron chi connectivity index (χ1n) is 28.1. The van der Waals surface area contributed by atoms with Crippen molar-refractivity contribution >= 4 is 113 Å². The van der Waals surface area contributed by atoms with Crippen LogP contribution in [0.25, 0.3) is 21.1 Å². The van der Waals surface area contributed by atoms with Crippen molar-refractivity contribution in [3.05, 3.63) is 116 Å². The summed E-state index contributed by atoms with van der Waals surface area (Å²) >= 11 is 14.4. The second-order valence-electron chi connectivity index (χ2n) is 20.9. The number of aliphatic hydroxyl groups is 1. The Morgan fingerprint density at radius 3 is 1.40 bits per heavy atom. The smallest absolute Gasteiger partial charge is 0.224 e. The van der Waals surface area contributed by atoms with E-state index in [1.54, 1.807) is 77.1 Å². The lowest BCUT2D eigenvalue weighted by Gasteiger charge is -2.20. The summed E-state index contributed by atoms with van der Waals surface area (Å²) in [7, 11) is 18.9. The summed E-state index contributed by atoms with van der Waals surface area (Å²) < 4.78 is 12.6. The fourth-order valence-corrected chi connectivity index (χ4v) is 10.9. The molecule has 0 spiro atoms. The number of halogens is 2. The molecule has 8 aromatic heterocycles. The van der Waals surface area contributed by atoms with Crippen LogP contribution in [0.2, 0.25) is 0 Å². The fourth-order valence-electron chi connectivity index (χ4n) is 8.12. The maximum Gasteiger partial charge on any atom is 0.224 e. The molecule has 0 aromatic carbocycles. The van der Waals surface area contributed by atoms with Crippen molar-refractivity contribution in [3.8, 4) is 27.2 Å². The highest BCUT2D eigenvalue weighted by Gasteiger charge is 2.46. The molecule has 0 amide bonds. The first-order chi connectivity index (χ1) is 42.5. The summed E-state index contributed by atoms with van der Waals surface area (Å²) in [5.41, 5.74) is 15.9. The second-order valence-corrected chi connectivity index (χ2v) is 25.2. The van der Waals surface area contributed by atoms with Gasteiger partial charge < -0.3 is 50.5 Å². The number of fused-ring (bicyclic) bond motifs is 3. The van der Waals surface area contributed by atoms with Gasteiger partial charge in [-0.1, -0.05) is 12.2 Å². The number of ketones is 1. The van der Waals surface area contributed by atoms with E-state index in [1.165, 1.54) is 23.0 Å². The number of nitriles is 1. The van der Waals surface area contributed by atoms with Crippen LogP contribution in [0.3, 0.4) is 0 Å². The number of aromatic nitrogens is 14. The number of carbonyl (C=O) groups is 1. The van der Waals surface area contributed by atoms with Crippen LogP contribution in [0.4, 0.5) is 35.7 Å². The molecule has 9 heterocycles. The predicted octanol–water partition coefficient (Wildman–Crippen LogP) is 8.34. The summed E-state index contributed by atoms with van der Waals surface area (Å²) in [5.74, 6) is 4.01. The number of thiocarbonyl (C=S) groups is 1. The lowest BCUT2D eigenvalue weighted by atomic mass is 10.00. The average Bonchev–Trinajstić information content (AvgIpc) is 2.00. The number of hydrogen-bond acceptors (Lipinski definition) is 28. The maximum absolute atomic E-state index is 10.7. The van der Waals surface area contributed by atoms with Gasteiger partial charge in [0.1, 0.15) is 27.2 Å². The highest BCUT2D eigenvalue weighted by molar-refractivity contribution is 9.10. The van der Waals surface area contributed by atoms with Gasteiger partial charge in [-0.25, -0.2) is 69.8 Å². The van der Waals surface area contributed by atoms with Gasteiger partial charge in [-0.05, 0) is 90.2 Å². The standard InChI is InChI=1S/C15H20N4OS.C13H16N4OS.C7H10N4S.C7H8N4.C6H8BrN3.C6H8O2.C4H4BrN3/c1-4-20-12-7-5-6-11-13(12)21-14(18-11)10-8-16-15(17-9-10)19(2)3;1-17(2)13-14-6-8(7-15-13)12-16-9-4-3-5-10(18)11(9)19-12;1-11(2)7-9-3-5(4-10-7)6(8)12;1-11(2)7-9-4-6(3-8)5-10-7;1-10(2)6-8-3-5(7)4-9-6;7-4-2-1-3-5-6(4)8-5;5-3-1-7-4(6)8-2-3/h8-9,12H,4-7H2,1-3H3;6-7,10,18H,3-5H2,1-2H3;3-4H,1-2H3,(H2,8,12);4-5H,1-2H3;3-4H,1-2H3;5-6H,1-3H2;1-2H,(H2,6,7,8). The molecule has 472 valence electrons. The van der Waals surface area contributed by atoms with Gasteiger partial charge in [0.25, 0.3) is 0 Å². The van der Waals surface area contributed by atoms with E-state index in [0.29, 0.717) is 57.7 Å². The van der Waals surface area contributed by atoms with Gasteiger partial charge in [-0.15, -0.1) is 22.7 Å². The molecule has 26 nitrogen and oxygen atoms in total. The molecule has 3 aliphatic carbocycles. The van der Waals surface area contributed by atoms with Crippen LogP contribution in [0, 0.1) is 11.3 Å². The summed E-state index contributed by atoms with van der Waals surface area (Å²) in [6, 6.07) is 1.95. The molecular formula is C58H74Br2N22O4S3. The minimum absolute atomic E-state index is 0.0312. The third kappa shape index (κ3) is 22.2. The van der Waals surface area contributed by atoms with E-state index >= 15 is 0 Å². The zero-order valence-electron chi connectivity index (χ0n) is 51.6. The topological polar surface area (TPSA) is 332 Å². The van der Waals surface area contributed by atoms with Crippen LogP contribution in [0.15, 0.2) is 83.3 Å². The van der Waals surface area contributed by atoms with Crippen LogP contribution in [-0.2, 0) is 27.1 Å². The third-order valence-electron chi connectivity index (χ3n) is 12.7. The number of aryl methyl sites for hydroxylation is 2. The number of hydrogen-bond donors (Lipinski definition) is 3. The maximum atomic E-state index is 10.7. The predicted molar refractivity (Wildman–Crippen MR) is 359 cm³/mol. The second kappa shape index (κ2) is 35.0. The molecule has 4 unspecified atom stereocenters. The highest BCUT2D eigenvalue weighted by atomic mass is 79.9. The molecule has 4 atom stereocenters. The molecule has 1 saturated heterocycles. The van der Waals surface area contributed by atoms with Crippen LogP contribution in [-0.4, -0.2) is 175 Å². The van der Waals surface area contributed by atoms with E-state index in [9.17, 15) is 9.90 Å². The van der Waals surface area contributed by atoms with Crippen LogP contribution >= 0.6 is 66.8 Å². The molecule has 2 fully saturated rings. The van der Waals surface area contributed by atoms with Crippen molar-refractivity contribution in [1.29, 1.82) is 5.26 Å². The molecule has 12 rings (SSSR count). The number of ether oxygens (including phenoxy) is 2. The molecule has 0 bridgehead atoms. The van der Waals surface area contributed by atoms with Crippen LogP contribution < -0.4 is 36.0 Å². The minimum atomic E-state index is -0.350. The Balaban J connectivity index is 0.000000171. The Hall–Kier alpha value is -7.57. The zero-order chi connectivity index (χ0) is 64.7. The van der Waals surface area contributed by atoms with E-state index in [-0.39, 0.29) is 18.3 Å². The highest BCUT2D eigenvalue weighted by Crippen LogP contribution is 2.40. The number of carbonyl (C=O) groups excluding carboxylic acids is 1. The van der Waals surface area contributed by atoms with E-state index in [1.807, 2.05) is 115 Å². The number of aliphatic hydroxyl groups excluding tert-OH is 1. The number of rotatable bonds is 10.